The molecule has 0 radical (unpaired) electrons. The molecule has 0 saturated heterocycles. The highest BCUT2D eigenvalue weighted by Crippen LogP contribution is 2.43. The minimum Gasteiger partial charge on any atom is -0.462 e. The lowest BCUT2D eigenvalue weighted by atomic mass is 10.0. The van der Waals surface area contributed by atoms with Crippen LogP contribution in [-0.4, -0.2) is 49.3 Å². The number of phosphoric ester groups is 1. The normalized spacial score (nSPS) is 13.8. The molecule has 10 heteroatoms. The van der Waals surface area contributed by atoms with Crippen molar-refractivity contribution in [1.29, 1.82) is 0 Å². The molecule has 2 unspecified atom stereocenters. The molecule has 0 amide bonds. The molecular weight excluding hydrogens is 1050 g/mol. The predicted octanol–water partition coefficient (Wildman–Crippen LogP) is 22.1. The Morgan fingerprint density at radius 1 is 0.361 bits per heavy atom. The van der Waals surface area contributed by atoms with Gasteiger partial charge >= 0.3 is 19.8 Å². The Labute approximate surface area is 510 Å². The molecule has 0 aromatic rings. The van der Waals surface area contributed by atoms with E-state index in [2.05, 4.69) is 148 Å². The number of hydrogen-bond donors (Lipinski definition) is 2. The zero-order chi connectivity index (χ0) is 60.1. The molecule has 83 heavy (non-hydrogen) atoms. The molecule has 9 nitrogen and oxygen atoms in total. The van der Waals surface area contributed by atoms with Gasteiger partial charge in [0, 0.05) is 19.4 Å². The van der Waals surface area contributed by atoms with Crippen molar-refractivity contribution in [2.24, 2.45) is 5.73 Å². The summed E-state index contributed by atoms with van der Waals surface area (Å²) >= 11 is 0. The maximum atomic E-state index is 12.8. The first-order valence-corrected chi connectivity index (χ1v) is 35.2. The molecule has 0 aromatic carbocycles. The molecule has 0 spiro atoms. The van der Waals surface area contributed by atoms with Gasteiger partial charge in [0.15, 0.2) is 6.10 Å². The molecule has 3 N–H and O–H groups in total. The van der Waals surface area contributed by atoms with Gasteiger partial charge in [-0.2, -0.15) is 0 Å². The van der Waals surface area contributed by atoms with Crippen molar-refractivity contribution >= 4 is 19.8 Å². The summed E-state index contributed by atoms with van der Waals surface area (Å²) < 4.78 is 33.2. The molecule has 0 bridgehead atoms. The summed E-state index contributed by atoms with van der Waals surface area (Å²) in [5.41, 5.74) is 5.40. The van der Waals surface area contributed by atoms with E-state index in [-0.39, 0.29) is 38.6 Å². The fourth-order valence-corrected chi connectivity index (χ4v) is 9.90. The van der Waals surface area contributed by atoms with Crippen molar-refractivity contribution in [3.8, 4) is 0 Å². The van der Waals surface area contributed by atoms with Crippen molar-refractivity contribution in [2.75, 3.05) is 26.4 Å². The maximum absolute atomic E-state index is 12.8. The van der Waals surface area contributed by atoms with Crippen LogP contribution in [0.2, 0.25) is 0 Å². The first kappa shape index (κ1) is 79.2. The van der Waals surface area contributed by atoms with Gasteiger partial charge in [-0.1, -0.05) is 295 Å². The van der Waals surface area contributed by atoms with Crippen LogP contribution in [0.1, 0.15) is 284 Å². The molecule has 0 rings (SSSR count). The second-order valence-corrected chi connectivity index (χ2v) is 23.4. The Kier molecular flexibility index (Phi) is 64.2. The van der Waals surface area contributed by atoms with E-state index in [9.17, 15) is 19.0 Å². The number of allylic oxidation sites excluding steroid dienone is 22. The Morgan fingerprint density at radius 2 is 0.627 bits per heavy atom. The summed E-state index contributed by atoms with van der Waals surface area (Å²) in [6.07, 6.45) is 95.3. The average Bonchev–Trinajstić information content (AvgIpc) is 3.49. The molecule has 0 aromatic heterocycles. The first-order valence-electron chi connectivity index (χ1n) is 33.7. The van der Waals surface area contributed by atoms with Crippen LogP contribution >= 0.6 is 7.82 Å². The lowest BCUT2D eigenvalue weighted by Gasteiger charge is -2.19. The lowest BCUT2D eigenvalue weighted by molar-refractivity contribution is -0.161. The number of phosphoric acid groups is 1. The summed E-state index contributed by atoms with van der Waals surface area (Å²) in [5, 5.41) is 0. The van der Waals surface area contributed by atoms with Gasteiger partial charge in [-0.05, 0) is 109 Å². The third-order valence-electron chi connectivity index (χ3n) is 14.0. The predicted molar refractivity (Wildman–Crippen MR) is 357 cm³/mol. The topological polar surface area (TPSA) is 134 Å². The Morgan fingerprint density at radius 3 is 0.928 bits per heavy atom. The third kappa shape index (κ3) is 67.2. The SMILES string of the molecule is CC/C=C\C/C=C\C/C=C\C/C=C\C/C=C\C/C=C\CCCCCCCCCCCCCCCCC(=O)OC(COC(=O)CCCCCCCCCCCCCCC/C=C\C/C=C\C/C=C\C/C=C\C/C=C\CC)COP(=O)(O)OCCN. The van der Waals surface area contributed by atoms with E-state index in [0.29, 0.717) is 6.42 Å². The van der Waals surface area contributed by atoms with Crippen LogP contribution in [-0.2, 0) is 32.7 Å². The highest BCUT2D eigenvalue weighted by atomic mass is 31.2. The molecular formula is C73H124NO8P. The zero-order valence-electron chi connectivity index (χ0n) is 53.1. The van der Waals surface area contributed by atoms with Crippen LogP contribution in [0.4, 0.5) is 0 Å². The van der Waals surface area contributed by atoms with Crippen LogP contribution < -0.4 is 5.73 Å². The highest BCUT2D eigenvalue weighted by molar-refractivity contribution is 7.47. The number of carbonyl (C=O) groups excluding carboxylic acids is 2. The van der Waals surface area contributed by atoms with Crippen molar-refractivity contribution in [2.45, 2.75) is 290 Å². The monoisotopic (exact) mass is 1170 g/mol. The minimum atomic E-state index is -4.40. The number of rotatable bonds is 62. The molecule has 0 aliphatic heterocycles. The number of ether oxygens (including phenoxy) is 2. The largest absolute Gasteiger partial charge is 0.472 e. The summed E-state index contributed by atoms with van der Waals surface area (Å²) in [7, 11) is -4.40. The van der Waals surface area contributed by atoms with Gasteiger partial charge in [0.1, 0.15) is 6.61 Å². The van der Waals surface area contributed by atoms with Gasteiger partial charge in [0.2, 0.25) is 0 Å². The average molecular weight is 1170 g/mol. The molecule has 0 heterocycles. The Balaban J connectivity index is 3.92. The summed E-state index contributed by atoms with van der Waals surface area (Å²) in [6, 6.07) is 0. The fraction of sp³-hybridized carbons (Fsp3) is 0.671. The molecule has 0 aliphatic rings. The van der Waals surface area contributed by atoms with Gasteiger partial charge < -0.3 is 20.1 Å². The van der Waals surface area contributed by atoms with Crippen molar-refractivity contribution in [3.05, 3.63) is 134 Å². The van der Waals surface area contributed by atoms with E-state index in [1.54, 1.807) is 0 Å². The van der Waals surface area contributed by atoms with E-state index in [1.807, 2.05) is 0 Å². The van der Waals surface area contributed by atoms with Crippen LogP contribution in [0.5, 0.6) is 0 Å². The standard InChI is InChI=1S/C73H124NO8P/c1-3-5-7-9-11-13-15-17-19-21-23-25-27-29-31-33-34-35-36-38-40-42-44-46-48-50-52-54-56-58-60-62-64-66-73(76)82-71(70-81-83(77,78)80-68-67-74)69-79-72(75)65-63-61-59-57-55-53-51-49-47-45-43-41-39-37-32-30-28-26-24-22-20-18-16-14-12-10-8-6-4-2/h5-8,11-14,17-20,23-26,29-32,34-35,71H,3-4,9-10,15-16,21-22,27-28,33,36-70,74H2,1-2H3,(H,77,78)/b7-5-,8-6-,13-11-,14-12-,19-17-,20-18-,25-23-,26-24-,31-29-,32-30-,35-34-. The van der Waals surface area contributed by atoms with E-state index in [0.717, 1.165) is 109 Å². The first-order chi connectivity index (χ1) is 40.8. The quantitative estimate of drug-likeness (QED) is 0.0264. The van der Waals surface area contributed by atoms with Gasteiger partial charge in [-0.3, -0.25) is 18.6 Å². The van der Waals surface area contributed by atoms with Gasteiger partial charge in [-0.25, -0.2) is 4.57 Å². The number of carbonyl (C=O) groups is 2. The zero-order valence-corrected chi connectivity index (χ0v) is 54.0. The van der Waals surface area contributed by atoms with Crippen molar-refractivity contribution in [1.82, 2.24) is 0 Å². The molecule has 474 valence electrons. The Hall–Kier alpha value is -3.85. The summed E-state index contributed by atoms with van der Waals surface area (Å²) in [6.45, 7) is 3.53. The van der Waals surface area contributed by atoms with Crippen molar-refractivity contribution < 1.29 is 37.6 Å². The summed E-state index contributed by atoms with van der Waals surface area (Å²) in [5.74, 6) is -0.829. The molecule has 2 atom stereocenters. The van der Waals surface area contributed by atoms with Crippen LogP contribution in [0, 0.1) is 0 Å². The second kappa shape index (κ2) is 67.3. The molecule has 0 aliphatic carbocycles. The van der Waals surface area contributed by atoms with E-state index in [1.165, 1.54) is 141 Å². The van der Waals surface area contributed by atoms with Crippen LogP contribution in [0.25, 0.3) is 0 Å². The van der Waals surface area contributed by atoms with E-state index < -0.39 is 26.5 Å². The minimum absolute atomic E-state index is 0.0483. The Bertz CT molecular complexity index is 1820. The van der Waals surface area contributed by atoms with E-state index in [4.69, 9.17) is 24.3 Å². The van der Waals surface area contributed by atoms with Crippen LogP contribution in [0.3, 0.4) is 0 Å². The van der Waals surface area contributed by atoms with Gasteiger partial charge in [0.25, 0.3) is 0 Å². The smallest absolute Gasteiger partial charge is 0.462 e. The summed E-state index contributed by atoms with van der Waals surface area (Å²) in [4.78, 5) is 35.4. The molecule has 0 fully saturated rings. The fourth-order valence-electron chi connectivity index (χ4n) is 9.14. The molecule has 0 saturated carbocycles. The number of unbranched alkanes of at least 4 members (excludes halogenated alkanes) is 27. The van der Waals surface area contributed by atoms with Crippen molar-refractivity contribution in [3.63, 3.8) is 0 Å². The van der Waals surface area contributed by atoms with Crippen LogP contribution in [0.15, 0.2) is 134 Å². The number of esters is 2. The third-order valence-corrected chi connectivity index (χ3v) is 15.0. The van der Waals surface area contributed by atoms with Gasteiger partial charge in [0.05, 0.1) is 13.2 Å². The van der Waals surface area contributed by atoms with E-state index >= 15 is 0 Å². The number of hydrogen-bond acceptors (Lipinski definition) is 8. The van der Waals surface area contributed by atoms with Gasteiger partial charge in [-0.15, -0.1) is 0 Å². The lowest BCUT2D eigenvalue weighted by Crippen LogP contribution is -2.29. The maximum Gasteiger partial charge on any atom is 0.472 e. The second-order valence-electron chi connectivity index (χ2n) is 21.9. The highest BCUT2D eigenvalue weighted by Gasteiger charge is 2.26. The number of nitrogens with two attached hydrogens (primary N) is 1.